The van der Waals surface area contributed by atoms with Crippen LogP contribution in [0.3, 0.4) is 0 Å². The molecule has 2 aliphatic rings. The highest BCUT2D eigenvalue weighted by Gasteiger charge is 2.42. The molecule has 2 fully saturated rings. The third-order valence-electron chi connectivity index (χ3n) is 6.08. The highest BCUT2D eigenvalue weighted by molar-refractivity contribution is 7.10. The third-order valence-corrected chi connectivity index (χ3v) is 7.02. The van der Waals surface area contributed by atoms with E-state index in [9.17, 15) is 8.78 Å². The largest absolute Gasteiger partial charge is 0.356 e. The van der Waals surface area contributed by atoms with E-state index < -0.39 is 11.6 Å². The van der Waals surface area contributed by atoms with Crippen LogP contribution in [0.5, 0.6) is 0 Å². The Hall–Kier alpha value is -1.99. The lowest BCUT2D eigenvalue weighted by Gasteiger charge is -2.39. The number of halogens is 2. The summed E-state index contributed by atoms with van der Waals surface area (Å²) >= 11 is 1.81. The molecule has 0 spiro atoms. The average molecular weight is 419 g/mol. The summed E-state index contributed by atoms with van der Waals surface area (Å²) in [6.07, 6.45) is 3.07. The molecular weight excluding hydrogens is 390 g/mol. The molecule has 156 valence electrons. The van der Waals surface area contributed by atoms with Gasteiger partial charge in [0.2, 0.25) is 0 Å². The van der Waals surface area contributed by atoms with Crippen LogP contribution in [0.4, 0.5) is 8.78 Å². The summed E-state index contributed by atoms with van der Waals surface area (Å²) in [6.45, 7) is 1.93. The van der Waals surface area contributed by atoms with Gasteiger partial charge < -0.3 is 10.6 Å². The number of hydrogen-bond donors (Lipinski definition) is 2. The molecule has 0 radical (unpaired) electrons. The SMILES string of the molecule is CN=C(NCC1CCCN(C)C1c1cccs1)NC1CC1c1c(F)cccc1F. The van der Waals surface area contributed by atoms with Gasteiger partial charge >= 0.3 is 0 Å². The maximum Gasteiger partial charge on any atom is 0.191 e. The summed E-state index contributed by atoms with van der Waals surface area (Å²) in [5.41, 5.74) is 0.187. The van der Waals surface area contributed by atoms with Gasteiger partial charge in [-0.15, -0.1) is 11.3 Å². The minimum Gasteiger partial charge on any atom is -0.356 e. The van der Waals surface area contributed by atoms with E-state index in [1.54, 1.807) is 7.05 Å². The van der Waals surface area contributed by atoms with Crippen molar-refractivity contribution in [3.05, 3.63) is 57.8 Å². The van der Waals surface area contributed by atoms with Gasteiger partial charge in [0.05, 0.1) is 0 Å². The maximum absolute atomic E-state index is 14.0. The number of rotatable bonds is 5. The topological polar surface area (TPSA) is 39.7 Å². The van der Waals surface area contributed by atoms with Crippen molar-refractivity contribution < 1.29 is 8.78 Å². The first-order chi connectivity index (χ1) is 14.1. The third kappa shape index (κ3) is 4.46. The Morgan fingerprint density at radius 1 is 1.24 bits per heavy atom. The van der Waals surface area contributed by atoms with Crippen LogP contribution in [-0.4, -0.2) is 44.1 Å². The van der Waals surface area contributed by atoms with E-state index in [0.717, 1.165) is 13.1 Å². The van der Waals surface area contributed by atoms with Crippen LogP contribution in [0.1, 0.15) is 41.7 Å². The lowest BCUT2D eigenvalue weighted by molar-refractivity contribution is 0.125. The summed E-state index contributed by atoms with van der Waals surface area (Å²) < 4.78 is 28.0. The summed E-state index contributed by atoms with van der Waals surface area (Å²) in [7, 11) is 3.93. The van der Waals surface area contributed by atoms with Crippen molar-refractivity contribution in [2.45, 2.75) is 37.3 Å². The van der Waals surface area contributed by atoms with Gasteiger partial charge in [0.15, 0.2) is 5.96 Å². The predicted molar refractivity (Wildman–Crippen MR) is 114 cm³/mol. The number of aliphatic imine (C=N–C) groups is 1. The van der Waals surface area contributed by atoms with Gasteiger partial charge in [0, 0.05) is 42.0 Å². The van der Waals surface area contributed by atoms with E-state index >= 15 is 0 Å². The molecule has 7 heteroatoms. The van der Waals surface area contributed by atoms with Crippen LogP contribution in [0.2, 0.25) is 0 Å². The van der Waals surface area contributed by atoms with Crippen molar-refractivity contribution in [2.75, 3.05) is 27.2 Å². The molecule has 4 nitrogen and oxygen atoms in total. The Bertz CT molecular complexity index is 834. The normalized spacial score (nSPS) is 27.7. The molecule has 1 aliphatic heterocycles. The molecular formula is C22H28F2N4S. The van der Waals surface area contributed by atoms with Gasteiger partial charge in [0.25, 0.3) is 0 Å². The van der Waals surface area contributed by atoms with Gasteiger partial charge in [0.1, 0.15) is 11.6 Å². The van der Waals surface area contributed by atoms with Gasteiger partial charge in [-0.25, -0.2) is 8.78 Å². The first-order valence-corrected chi connectivity index (χ1v) is 11.1. The summed E-state index contributed by atoms with van der Waals surface area (Å²) in [5.74, 6) is 0.115. The minimum atomic E-state index is -0.466. The van der Waals surface area contributed by atoms with Crippen LogP contribution in [-0.2, 0) is 0 Å². The van der Waals surface area contributed by atoms with Crippen LogP contribution in [0.15, 0.2) is 40.7 Å². The van der Waals surface area contributed by atoms with Crippen LogP contribution in [0.25, 0.3) is 0 Å². The van der Waals surface area contributed by atoms with Crippen molar-refractivity contribution in [1.29, 1.82) is 0 Å². The maximum atomic E-state index is 14.0. The molecule has 0 amide bonds. The number of nitrogens with zero attached hydrogens (tertiary/aromatic N) is 2. The van der Waals surface area contributed by atoms with Crippen LogP contribution in [0, 0.1) is 17.6 Å². The molecule has 4 atom stereocenters. The number of benzene rings is 1. The average Bonchev–Trinajstić information content (AvgIpc) is 3.22. The van der Waals surface area contributed by atoms with E-state index in [1.165, 1.54) is 35.9 Å². The Morgan fingerprint density at radius 2 is 2.03 bits per heavy atom. The predicted octanol–water partition coefficient (Wildman–Crippen LogP) is 4.13. The first-order valence-electron chi connectivity index (χ1n) is 10.2. The van der Waals surface area contributed by atoms with E-state index in [0.29, 0.717) is 24.3 Å². The zero-order chi connectivity index (χ0) is 20.4. The zero-order valence-electron chi connectivity index (χ0n) is 16.9. The number of nitrogens with one attached hydrogen (secondary N) is 2. The fourth-order valence-electron chi connectivity index (χ4n) is 4.52. The molecule has 1 aromatic heterocycles. The molecule has 2 aromatic rings. The van der Waals surface area contributed by atoms with E-state index in [2.05, 4.69) is 45.1 Å². The molecule has 0 bridgehead atoms. The van der Waals surface area contributed by atoms with Crippen molar-refractivity contribution in [2.24, 2.45) is 10.9 Å². The van der Waals surface area contributed by atoms with Gasteiger partial charge in [-0.3, -0.25) is 9.89 Å². The van der Waals surface area contributed by atoms with Crippen molar-refractivity contribution >= 4 is 17.3 Å². The van der Waals surface area contributed by atoms with Crippen LogP contribution >= 0.6 is 11.3 Å². The second-order valence-corrected chi connectivity index (χ2v) is 9.00. The summed E-state index contributed by atoms with van der Waals surface area (Å²) in [4.78, 5) is 8.17. The van der Waals surface area contributed by atoms with Crippen molar-refractivity contribution in [3.63, 3.8) is 0 Å². The summed E-state index contributed by atoms with van der Waals surface area (Å²) in [6, 6.07) is 8.81. The van der Waals surface area contributed by atoms with Crippen molar-refractivity contribution in [3.8, 4) is 0 Å². The Kier molecular flexibility index (Phi) is 6.15. The monoisotopic (exact) mass is 418 g/mol. The fraction of sp³-hybridized carbons (Fsp3) is 0.500. The minimum absolute atomic E-state index is 0.00900. The Labute approximate surface area is 175 Å². The molecule has 2 N–H and O–H groups in total. The molecule has 4 rings (SSSR count). The number of hydrogen-bond acceptors (Lipinski definition) is 3. The highest BCUT2D eigenvalue weighted by Crippen LogP contribution is 2.43. The molecule has 1 aromatic carbocycles. The van der Waals surface area contributed by atoms with Crippen LogP contribution < -0.4 is 10.6 Å². The fourth-order valence-corrected chi connectivity index (χ4v) is 5.50. The molecule has 2 heterocycles. The van der Waals surface area contributed by atoms with Gasteiger partial charge in [-0.2, -0.15) is 0 Å². The number of guanidine groups is 1. The Morgan fingerprint density at radius 3 is 2.72 bits per heavy atom. The lowest BCUT2D eigenvalue weighted by Crippen LogP contribution is -2.45. The van der Waals surface area contributed by atoms with Gasteiger partial charge in [-0.05, 0) is 62.4 Å². The quantitative estimate of drug-likeness (QED) is 0.567. The molecule has 1 aliphatic carbocycles. The highest BCUT2D eigenvalue weighted by atomic mass is 32.1. The lowest BCUT2D eigenvalue weighted by atomic mass is 9.88. The first kappa shape index (κ1) is 20.3. The molecule has 1 saturated carbocycles. The number of piperidine rings is 1. The standard InChI is InChI=1S/C22H28F2N4S/c1-25-22(27-18-12-15(18)20-16(23)7-3-8-17(20)24)26-13-14-6-4-10-28(2)21(14)19-9-5-11-29-19/h3,5,7-9,11,14-15,18,21H,4,6,10,12-13H2,1-2H3,(H2,25,26,27). The zero-order valence-corrected chi connectivity index (χ0v) is 17.7. The second-order valence-electron chi connectivity index (χ2n) is 8.02. The van der Waals surface area contributed by atoms with E-state index in [4.69, 9.17) is 0 Å². The van der Waals surface area contributed by atoms with E-state index in [1.807, 2.05) is 11.3 Å². The smallest absolute Gasteiger partial charge is 0.191 e. The van der Waals surface area contributed by atoms with Crippen molar-refractivity contribution in [1.82, 2.24) is 15.5 Å². The number of thiophene rings is 1. The Balaban J connectivity index is 1.35. The summed E-state index contributed by atoms with van der Waals surface area (Å²) in [5, 5.41) is 8.93. The number of likely N-dealkylation sites (tertiary alicyclic amines) is 1. The van der Waals surface area contributed by atoms with E-state index in [-0.39, 0.29) is 17.5 Å². The molecule has 1 saturated heterocycles. The van der Waals surface area contributed by atoms with Gasteiger partial charge in [-0.1, -0.05) is 12.1 Å². The molecule has 4 unspecified atom stereocenters. The second kappa shape index (κ2) is 8.79. The molecule has 29 heavy (non-hydrogen) atoms.